The van der Waals surface area contributed by atoms with E-state index < -0.39 is 32.4 Å². The number of methoxy groups -OCH3 is 1. The molecule has 0 amide bonds. The van der Waals surface area contributed by atoms with Crippen LogP contribution in [0.25, 0.3) is 0 Å². The van der Waals surface area contributed by atoms with Crippen LogP contribution in [0.15, 0.2) is 0 Å². The van der Waals surface area contributed by atoms with Gasteiger partial charge in [0.25, 0.3) is 0 Å². The van der Waals surface area contributed by atoms with Gasteiger partial charge in [-0.3, -0.25) is 4.79 Å². The molecule has 4 atom stereocenters. The number of rotatable bonds is 5. The molecule has 2 aliphatic rings. The summed E-state index contributed by atoms with van der Waals surface area (Å²) in [5, 5.41) is 0.0271. The quantitative estimate of drug-likeness (QED) is 0.555. The van der Waals surface area contributed by atoms with E-state index in [4.69, 9.17) is 23.4 Å². The molecule has 0 unspecified atom stereocenters. The Kier molecular flexibility index (Phi) is 5.65. The second kappa shape index (κ2) is 6.77. The van der Waals surface area contributed by atoms with Crippen molar-refractivity contribution in [3.8, 4) is 0 Å². The lowest BCUT2D eigenvalue weighted by Gasteiger charge is -2.42. The molecule has 7 heteroatoms. The highest BCUT2D eigenvalue weighted by Gasteiger charge is 2.56. The zero-order valence-electron chi connectivity index (χ0n) is 16.2. The molecule has 0 aromatic rings. The molecule has 0 N–H and O–H groups in total. The Morgan fingerprint density at radius 2 is 1.88 bits per heavy atom. The minimum atomic E-state index is -2.08. The predicted molar refractivity (Wildman–Crippen MR) is 92.3 cm³/mol. The van der Waals surface area contributed by atoms with Gasteiger partial charge in [-0.15, -0.1) is 0 Å². The molecule has 0 spiro atoms. The summed E-state index contributed by atoms with van der Waals surface area (Å²) in [5.74, 6) is -0.835. The van der Waals surface area contributed by atoms with Gasteiger partial charge in [0.05, 0.1) is 6.10 Å². The molecular weight excluding hydrogens is 328 g/mol. The highest BCUT2D eigenvalue weighted by Crippen LogP contribution is 2.42. The molecular formula is C17H32O6Si. The Morgan fingerprint density at radius 3 is 2.42 bits per heavy atom. The normalized spacial score (nSPS) is 33.6. The lowest BCUT2D eigenvalue weighted by atomic mass is 9.88. The topological polar surface area (TPSA) is 63.2 Å². The van der Waals surface area contributed by atoms with Crippen LogP contribution in [0.2, 0.25) is 18.1 Å². The number of carbonyl (C=O) groups excluding carboxylic acids is 1. The van der Waals surface area contributed by atoms with E-state index in [9.17, 15) is 4.79 Å². The van der Waals surface area contributed by atoms with E-state index in [1.54, 1.807) is 7.11 Å². The van der Waals surface area contributed by atoms with E-state index in [1.807, 2.05) is 13.8 Å². The highest BCUT2D eigenvalue weighted by molar-refractivity contribution is 6.74. The molecule has 6 nitrogen and oxygen atoms in total. The summed E-state index contributed by atoms with van der Waals surface area (Å²) in [6, 6.07) is 0. The van der Waals surface area contributed by atoms with Gasteiger partial charge < -0.3 is 23.4 Å². The van der Waals surface area contributed by atoms with Gasteiger partial charge in [0, 0.05) is 13.5 Å². The van der Waals surface area contributed by atoms with Gasteiger partial charge in [0.15, 0.2) is 26.0 Å². The summed E-state index contributed by atoms with van der Waals surface area (Å²) in [7, 11) is -0.504. The van der Waals surface area contributed by atoms with Crippen LogP contribution in [-0.4, -0.2) is 58.2 Å². The molecule has 2 rings (SSSR count). The molecule has 1 aliphatic carbocycles. The van der Waals surface area contributed by atoms with Crippen LogP contribution in [0.4, 0.5) is 0 Å². The maximum atomic E-state index is 12.9. The Morgan fingerprint density at radius 1 is 1.25 bits per heavy atom. The van der Waals surface area contributed by atoms with Crippen molar-refractivity contribution in [3.05, 3.63) is 0 Å². The Hall–Kier alpha value is -0.313. The maximum Gasteiger partial charge on any atom is 0.193 e. The van der Waals surface area contributed by atoms with Crippen molar-refractivity contribution in [1.82, 2.24) is 0 Å². The van der Waals surface area contributed by atoms with Crippen molar-refractivity contribution < 1.29 is 28.2 Å². The van der Waals surface area contributed by atoms with Crippen LogP contribution < -0.4 is 0 Å². The third-order valence-corrected chi connectivity index (χ3v) is 9.67. The molecule has 0 aromatic heterocycles. The smallest absolute Gasteiger partial charge is 0.193 e. The van der Waals surface area contributed by atoms with Crippen molar-refractivity contribution in [3.63, 3.8) is 0 Å². The maximum absolute atomic E-state index is 12.9. The fourth-order valence-electron chi connectivity index (χ4n) is 2.88. The molecule has 24 heavy (non-hydrogen) atoms. The monoisotopic (exact) mass is 360 g/mol. The van der Waals surface area contributed by atoms with E-state index in [0.717, 1.165) is 0 Å². The number of hydrogen-bond donors (Lipinski definition) is 0. The van der Waals surface area contributed by atoms with Crippen molar-refractivity contribution in [2.75, 3.05) is 13.9 Å². The molecule has 1 saturated heterocycles. The van der Waals surface area contributed by atoms with Crippen LogP contribution >= 0.6 is 0 Å². The number of fused-ring (bicyclic) bond motifs is 1. The fraction of sp³-hybridized carbons (Fsp3) is 0.941. The van der Waals surface area contributed by atoms with Crippen LogP contribution in [0.3, 0.4) is 0 Å². The van der Waals surface area contributed by atoms with Gasteiger partial charge in [0.1, 0.15) is 19.0 Å². The van der Waals surface area contributed by atoms with Crippen molar-refractivity contribution in [2.45, 2.75) is 89.4 Å². The van der Waals surface area contributed by atoms with Crippen LogP contribution in [0.1, 0.15) is 41.0 Å². The van der Waals surface area contributed by atoms with Crippen LogP contribution in [-0.2, 0) is 28.2 Å². The number of ether oxygens (including phenoxy) is 4. The number of ketones is 1. The van der Waals surface area contributed by atoms with Gasteiger partial charge in [-0.2, -0.15) is 0 Å². The van der Waals surface area contributed by atoms with Gasteiger partial charge in [-0.1, -0.05) is 20.8 Å². The third-order valence-electron chi connectivity index (χ3n) is 5.18. The standard InChI is InChI=1S/C17H32O6Si/c1-16(2,3)24(7,8)23-11-9-12(20-10-19-6)14-15(13(11)18)22-17(4,5)21-14/h11-12,14-15H,9-10H2,1-8H3/t11-,12-,14-,15+/m0/s1. The number of Topliss-reactive ketones (excluding diaryl/α,β-unsaturated/α-hetero) is 1. The first-order valence-electron chi connectivity index (χ1n) is 8.56. The van der Waals surface area contributed by atoms with Crippen molar-refractivity contribution in [2.24, 2.45) is 0 Å². The van der Waals surface area contributed by atoms with Crippen LogP contribution in [0.5, 0.6) is 0 Å². The molecule has 1 heterocycles. The first-order chi connectivity index (χ1) is 10.9. The summed E-state index contributed by atoms with van der Waals surface area (Å²) >= 11 is 0. The highest BCUT2D eigenvalue weighted by atomic mass is 28.4. The first-order valence-corrected chi connectivity index (χ1v) is 11.5. The molecule has 1 aliphatic heterocycles. The number of carbonyl (C=O) groups is 1. The summed E-state index contributed by atoms with van der Waals surface area (Å²) in [4.78, 5) is 12.9. The lowest BCUT2D eigenvalue weighted by molar-refractivity contribution is -0.172. The largest absolute Gasteiger partial charge is 0.407 e. The summed E-state index contributed by atoms with van der Waals surface area (Å²) in [6.45, 7) is 14.6. The summed E-state index contributed by atoms with van der Waals surface area (Å²) < 4.78 is 28.9. The van der Waals surface area contributed by atoms with Crippen LogP contribution in [0, 0.1) is 0 Å². The second-order valence-electron chi connectivity index (χ2n) is 8.64. The first kappa shape index (κ1) is 20.0. The van der Waals surface area contributed by atoms with E-state index in [2.05, 4.69) is 33.9 Å². The zero-order chi connectivity index (χ0) is 18.3. The van der Waals surface area contributed by atoms with E-state index in [1.165, 1.54) is 0 Å². The number of hydrogen-bond acceptors (Lipinski definition) is 6. The molecule has 2 fully saturated rings. The minimum absolute atomic E-state index is 0.0271. The van der Waals surface area contributed by atoms with Gasteiger partial charge >= 0.3 is 0 Å². The Balaban J connectivity index is 2.20. The van der Waals surface area contributed by atoms with Crippen molar-refractivity contribution >= 4 is 14.1 Å². The average molecular weight is 361 g/mol. The molecule has 0 bridgehead atoms. The second-order valence-corrected chi connectivity index (χ2v) is 13.4. The minimum Gasteiger partial charge on any atom is -0.407 e. The van der Waals surface area contributed by atoms with E-state index in [-0.39, 0.29) is 23.7 Å². The summed E-state index contributed by atoms with van der Waals surface area (Å²) in [6.07, 6.45) is -1.40. The van der Waals surface area contributed by atoms with E-state index in [0.29, 0.717) is 6.42 Å². The van der Waals surface area contributed by atoms with Gasteiger partial charge in [-0.05, 0) is 32.0 Å². The zero-order valence-corrected chi connectivity index (χ0v) is 17.2. The predicted octanol–water partition coefficient (Wildman–Crippen LogP) is 2.86. The average Bonchev–Trinajstić information content (AvgIpc) is 2.75. The molecule has 1 saturated carbocycles. The van der Waals surface area contributed by atoms with E-state index >= 15 is 0 Å². The SMILES string of the molecule is COCO[C@H]1C[C@H](O[Si](C)(C)C(C)(C)C)C(=O)[C@H]2OC(C)(C)O[C@@H]12. The molecule has 140 valence electrons. The Labute approximate surface area is 146 Å². The summed E-state index contributed by atoms with van der Waals surface area (Å²) in [5.41, 5.74) is 0. The third kappa shape index (κ3) is 4.08. The van der Waals surface area contributed by atoms with Crippen molar-refractivity contribution in [1.29, 1.82) is 0 Å². The van der Waals surface area contributed by atoms with Gasteiger partial charge in [-0.25, -0.2) is 0 Å². The molecule has 0 aromatic carbocycles. The Bertz CT molecular complexity index is 470. The lowest BCUT2D eigenvalue weighted by Crippen LogP contribution is -2.57. The fourth-order valence-corrected chi connectivity index (χ4v) is 4.16. The van der Waals surface area contributed by atoms with Gasteiger partial charge in [0.2, 0.25) is 0 Å². The molecule has 0 radical (unpaired) electrons.